The summed E-state index contributed by atoms with van der Waals surface area (Å²) in [6.45, 7) is 0.596. The third kappa shape index (κ3) is 7.07. The maximum Gasteiger partial charge on any atom is 0.258 e. The van der Waals surface area contributed by atoms with Crippen molar-refractivity contribution in [3.63, 3.8) is 0 Å². The molecule has 4 rings (SSSR count). The fraction of sp³-hybridized carbons (Fsp3) is 0.188. The maximum absolute atomic E-state index is 13.1. The van der Waals surface area contributed by atoms with Gasteiger partial charge in [-0.05, 0) is 84.5 Å². The molecule has 0 radical (unpaired) electrons. The van der Waals surface area contributed by atoms with Crippen LogP contribution in [0.25, 0.3) is 0 Å². The number of nitrogens with zero attached hydrogens (tertiary/aromatic N) is 1. The molecular weight excluding hydrogens is 460 g/mol. The highest BCUT2D eigenvalue weighted by Gasteiger charge is 2.14. The van der Waals surface area contributed by atoms with Gasteiger partial charge in [-0.25, -0.2) is 0 Å². The predicted molar refractivity (Wildman–Crippen MR) is 148 cm³/mol. The predicted octanol–water partition coefficient (Wildman–Crippen LogP) is 5.73. The topological polar surface area (TPSA) is 58.6 Å². The molecule has 0 heterocycles. The van der Waals surface area contributed by atoms with Gasteiger partial charge in [0.2, 0.25) is 0 Å². The molecule has 0 atom stereocenters. The molecule has 0 aliphatic heterocycles. The van der Waals surface area contributed by atoms with E-state index in [1.54, 1.807) is 19.1 Å². The zero-order valence-corrected chi connectivity index (χ0v) is 21.3. The average Bonchev–Trinajstić information content (AvgIpc) is 2.96. The summed E-state index contributed by atoms with van der Waals surface area (Å²) < 4.78 is 5.20. The highest BCUT2D eigenvalue weighted by atomic mass is 16.5. The molecule has 5 nitrogen and oxygen atoms in total. The molecule has 5 heteroatoms. The Bertz CT molecular complexity index is 1330. The third-order valence-corrected chi connectivity index (χ3v) is 6.37. The summed E-state index contributed by atoms with van der Waals surface area (Å²) in [5.74, 6) is 0.619. The first-order chi connectivity index (χ1) is 18.0. The van der Waals surface area contributed by atoms with E-state index in [1.807, 2.05) is 91.0 Å². The second kappa shape index (κ2) is 12.5. The smallest absolute Gasteiger partial charge is 0.258 e. The Morgan fingerprint density at radius 2 is 1.30 bits per heavy atom. The zero-order chi connectivity index (χ0) is 26.0. The second-order valence-electron chi connectivity index (χ2n) is 8.95. The summed E-state index contributed by atoms with van der Waals surface area (Å²) in [6, 6.07) is 33.0. The minimum Gasteiger partial charge on any atom is -0.497 e. The van der Waals surface area contributed by atoms with Gasteiger partial charge < -0.3 is 15.0 Å². The summed E-state index contributed by atoms with van der Waals surface area (Å²) in [6.07, 6.45) is 2.35. The van der Waals surface area contributed by atoms with Gasteiger partial charge in [-0.15, -0.1) is 0 Å². The van der Waals surface area contributed by atoms with Crippen LogP contribution in [0.2, 0.25) is 0 Å². The Morgan fingerprint density at radius 3 is 1.95 bits per heavy atom. The molecule has 0 bridgehead atoms. The van der Waals surface area contributed by atoms with E-state index in [0.717, 1.165) is 41.8 Å². The quantitative estimate of drug-likeness (QED) is 0.308. The van der Waals surface area contributed by atoms with Crippen LogP contribution in [0.5, 0.6) is 5.75 Å². The van der Waals surface area contributed by atoms with E-state index in [0.29, 0.717) is 17.7 Å². The number of hydrogen-bond acceptors (Lipinski definition) is 3. The standard InChI is InChI=1S/C32H32N2O3/c1-34(29-16-18-30(37-2)19-17-29)32(36)28-13-7-11-26(23-28)15-14-25-10-6-12-27(22-25)31(35)33-21-20-24-8-4-3-5-9-24/h3-13,16-19,22-23H,14-15,20-21H2,1-2H3,(H,33,35). The van der Waals surface area contributed by atoms with Crippen molar-refractivity contribution in [2.45, 2.75) is 19.3 Å². The first-order valence-electron chi connectivity index (χ1n) is 12.5. The normalized spacial score (nSPS) is 10.5. The van der Waals surface area contributed by atoms with Gasteiger partial charge >= 0.3 is 0 Å². The number of benzene rings is 4. The number of aryl methyl sites for hydroxylation is 2. The molecule has 0 aliphatic rings. The number of carbonyl (C=O) groups is 2. The molecular formula is C32H32N2O3. The number of rotatable bonds is 10. The molecule has 1 N–H and O–H groups in total. The van der Waals surface area contributed by atoms with Crippen LogP contribution < -0.4 is 15.0 Å². The van der Waals surface area contributed by atoms with Gasteiger partial charge in [0.15, 0.2) is 0 Å². The lowest BCUT2D eigenvalue weighted by molar-refractivity contribution is 0.0952. The van der Waals surface area contributed by atoms with Crippen LogP contribution in [0.15, 0.2) is 103 Å². The zero-order valence-electron chi connectivity index (χ0n) is 21.3. The minimum absolute atomic E-state index is 0.0630. The number of nitrogens with one attached hydrogen (secondary N) is 1. The van der Waals surface area contributed by atoms with Gasteiger partial charge in [-0.2, -0.15) is 0 Å². The first-order valence-corrected chi connectivity index (χ1v) is 12.5. The molecule has 0 fully saturated rings. The number of amides is 2. The van der Waals surface area contributed by atoms with Crippen molar-refractivity contribution >= 4 is 17.5 Å². The van der Waals surface area contributed by atoms with Crippen LogP contribution in [0.1, 0.15) is 37.4 Å². The van der Waals surface area contributed by atoms with Crippen LogP contribution in [0.3, 0.4) is 0 Å². The molecule has 0 aliphatic carbocycles. The number of anilines is 1. The molecule has 37 heavy (non-hydrogen) atoms. The van der Waals surface area contributed by atoms with Crippen molar-refractivity contribution in [3.05, 3.63) is 131 Å². The summed E-state index contributed by atoms with van der Waals surface area (Å²) >= 11 is 0. The number of methoxy groups -OCH3 is 1. The number of carbonyl (C=O) groups excluding carboxylic acids is 2. The van der Waals surface area contributed by atoms with E-state index < -0.39 is 0 Å². The Balaban J connectivity index is 1.34. The van der Waals surface area contributed by atoms with Crippen LogP contribution in [0.4, 0.5) is 5.69 Å². The molecule has 0 saturated carbocycles. The second-order valence-corrected chi connectivity index (χ2v) is 8.95. The SMILES string of the molecule is COc1ccc(N(C)C(=O)c2cccc(CCc3cccc(C(=O)NCCc4ccccc4)c3)c2)cc1. The Labute approximate surface area is 218 Å². The van der Waals surface area contributed by atoms with E-state index in [9.17, 15) is 9.59 Å². The summed E-state index contributed by atoms with van der Waals surface area (Å²) in [5.41, 5.74) is 5.47. The van der Waals surface area contributed by atoms with Crippen LogP contribution >= 0.6 is 0 Å². The van der Waals surface area contributed by atoms with Gasteiger partial charge in [-0.1, -0.05) is 54.6 Å². The van der Waals surface area contributed by atoms with Gasteiger partial charge in [0.1, 0.15) is 5.75 Å². The molecule has 4 aromatic rings. The lowest BCUT2D eigenvalue weighted by atomic mass is 10.0. The van der Waals surface area contributed by atoms with Gasteiger partial charge in [0.25, 0.3) is 11.8 Å². The lowest BCUT2D eigenvalue weighted by Gasteiger charge is -2.18. The number of ether oxygens (including phenoxy) is 1. The van der Waals surface area contributed by atoms with Crippen molar-refractivity contribution in [2.75, 3.05) is 25.6 Å². The summed E-state index contributed by atoms with van der Waals surface area (Å²) in [7, 11) is 3.39. The Morgan fingerprint density at radius 1 is 0.703 bits per heavy atom. The van der Waals surface area contributed by atoms with E-state index >= 15 is 0 Å². The molecule has 2 amide bonds. The van der Waals surface area contributed by atoms with Crippen molar-refractivity contribution in [1.29, 1.82) is 0 Å². The Kier molecular flexibility index (Phi) is 8.71. The highest BCUT2D eigenvalue weighted by molar-refractivity contribution is 6.05. The molecule has 0 aromatic heterocycles. The third-order valence-electron chi connectivity index (χ3n) is 6.37. The van der Waals surface area contributed by atoms with Crippen LogP contribution in [0, 0.1) is 0 Å². The summed E-state index contributed by atoms with van der Waals surface area (Å²) in [5, 5.41) is 3.01. The molecule has 188 valence electrons. The lowest BCUT2D eigenvalue weighted by Crippen LogP contribution is -2.26. The number of hydrogen-bond donors (Lipinski definition) is 1. The van der Waals surface area contributed by atoms with E-state index in [4.69, 9.17) is 4.74 Å². The van der Waals surface area contributed by atoms with E-state index in [1.165, 1.54) is 5.56 Å². The summed E-state index contributed by atoms with van der Waals surface area (Å²) in [4.78, 5) is 27.3. The fourth-order valence-corrected chi connectivity index (χ4v) is 4.20. The Hall–Kier alpha value is -4.38. The van der Waals surface area contributed by atoms with Crippen molar-refractivity contribution in [1.82, 2.24) is 5.32 Å². The average molecular weight is 493 g/mol. The molecule has 4 aromatic carbocycles. The molecule has 0 unspecified atom stereocenters. The monoisotopic (exact) mass is 492 g/mol. The van der Waals surface area contributed by atoms with Gasteiger partial charge in [0, 0.05) is 30.4 Å². The maximum atomic E-state index is 13.1. The van der Waals surface area contributed by atoms with E-state index in [2.05, 4.69) is 17.4 Å². The van der Waals surface area contributed by atoms with Crippen molar-refractivity contribution < 1.29 is 14.3 Å². The minimum atomic E-state index is -0.0683. The first kappa shape index (κ1) is 25.7. The highest BCUT2D eigenvalue weighted by Crippen LogP contribution is 2.20. The van der Waals surface area contributed by atoms with Gasteiger partial charge in [0.05, 0.1) is 7.11 Å². The van der Waals surface area contributed by atoms with E-state index in [-0.39, 0.29) is 11.8 Å². The fourth-order valence-electron chi connectivity index (χ4n) is 4.20. The molecule has 0 spiro atoms. The largest absolute Gasteiger partial charge is 0.497 e. The molecule has 0 saturated heterocycles. The van der Waals surface area contributed by atoms with Gasteiger partial charge in [-0.3, -0.25) is 9.59 Å². The van der Waals surface area contributed by atoms with Crippen LogP contribution in [-0.2, 0) is 19.3 Å². The van der Waals surface area contributed by atoms with Crippen LogP contribution in [-0.4, -0.2) is 32.5 Å². The van der Waals surface area contributed by atoms with Crippen molar-refractivity contribution in [3.8, 4) is 5.75 Å². The van der Waals surface area contributed by atoms with Crippen molar-refractivity contribution in [2.24, 2.45) is 0 Å².